The second-order valence-electron chi connectivity index (χ2n) is 1.61. The van der Waals surface area contributed by atoms with Crippen LogP contribution in [0, 0.1) is 0 Å². The molecule has 0 bridgehead atoms. The lowest BCUT2D eigenvalue weighted by Gasteiger charge is -2.23. The van der Waals surface area contributed by atoms with Gasteiger partial charge in [-0.15, -0.1) is 10.4 Å². The molecule has 3 heteroatoms. The van der Waals surface area contributed by atoms with E-state index in [4.69, 9.17) is 5.14 Å². The van der Waals surface area contributed by atoms with Crippen molar-refractivity contribution in [2.24, 2.45) is 5.14 Å². The van der Waals surface area contributed by atoms with E-state index in [0.717, 1.165) is 0 Å². The first-order valence-corrected chi connectivity index (χ1v) is 4.27. The maximum Gasteiger partial charge on any atom is -0.00605 e. The quantitative estimate of drug-likeness (QED) is 0.498. The minimum atomic E-state index is -0.912. The van der Waals surface area contributed by atoms with E-state index < -0.39 is 10.4 Å². The molecule has 0 aliphatic heterocycles. The molecule has 0 spiro atoms. The maximum absolute atomic E-state index is 5.51. The van der Waals surface area contributed by atoms with Crippen molar-refractivity contribution in [1.82, 2.24) is 4.72 Å². The summed E-state index contributed by atoms with van der Waals surface area (Å²) in [5.74, 6) is 0. The summed E-state index contributed by atoms with van der Waals surface area (Å²) in [5, 5.41) is 5.51. The van der Waals surface area contributed by atoms with Gasteiger partial charge < -0.3 is 0 Å². The molecule has 0 aromatic rings. The Kier molecular flexibility index (Phi) is 1.90. The molecule has 0 aromatic carbocycles. The Labute approximate surface area is 40.7 Å². The van der Waals surface area contributed by atoms with E-state index in [1.165, 1.54) is 0 Å². The number of rotatable bonds is 1. The van der Waals surface area contributed by atoms with Crippen molar-refractivity contribution in [3.63, 3.8) is 0 Å². The average Bonchev–Trinajstić information content (AvgIpc) is 1.35. The van der Waals surface area contributed by atoms with Gasteiger partial charge in [0.2, 0.25) is 0 Å². The number of hydrogen-bond acceptors (Lipinski definition) is 2. The standard InChI is InChI=1S/C3H12N2S/c1-5-6(2,3)4/h5H,4H2,1-3H3. The number of hydrogen-bond donors (Lipinski definition) is 2. The van der Waals surface area contributed by atoms with Crippen molar-refractivity contribution in [2.45, 2.75) is 0 Å². The Morgan fingerprint density at radius 3 is 1.67 bits per heavy atom. The Bertz CT molecular complexity index is 38.5. The summed E-state index contributed by atoms with van der Waals surface area (Å²) >= 11 is 0. The van der Waals surface area contributed by atoms with E-state index in [0.29, 0.717) is 0 Å². The Balaban J connectivity index is 3.17. The molecule has 0 unspecified atom stereocenters. The largest absolute Gasteiger partial charge is 0.284 e. The molecule has 0 aliphatic rings. The third kappa shape index (κ3) is 4.27. The minimum absolute atomic E-state index is 0.912. The molecule has 0 aliphatic carbocycles. The van der Waals surface area contributed by atoms with Gasteiger partial charge in [0.05, 0.1) is 0 Å². The summed E-state index contributed by atoms with van der Waals surface area (Å²) < 4.78 is 2.97. The summed E-state index contributed by atoms with van der Waals surface area (Å²) in [6.45, 7) is 0. The fourth-order valence-corrected chi connectivity index (χ4v) is 0. The lowest BCUT2D eigenvalue weighted by Crippen LogP contribution is -2.20. The predicted octanol–water partition coefficient (Wildman–Crippen LogP) is 0.0587. The van der Waals surface area contributed by atoms with Gasteiger partial charge in [-0.1, -0.05) is 0 Å². The molecule has 0 amide bonds. The topological polar surface area (TPSA) is 38.0 Å². The van der Waals surface area contributed by atoms with Crippen LogP contribution in [0.4, 0.5) is 0 Å². The zero-order valence-electron chi connectivity index (χ0n) is 4.49. The first kappa shape index (κ1) is 6.27. The highest BCUT2D eigenvalue weighted by molar-refractivity contribution is 8.29. The molecule has 0 atom stereocenters. The monoisotopic (exact) mass is 108 g/mol. The molecule has 40 valence electrons. The molecule has 0 radical (unpaired) electrons. The van der Waals surface area contributed by atoms with E-state index in [9.17, 15) is 0 Å². The number of nitrogens with one attached hydrogen (secondary N) is 1. The van der Waals surface area contributed by atoms with Crippen molar-refractivity contribution in [1.29, 1.82) is 0 Å². The van der Waals surface area contributed by atoms with Crippen LogP contribution in [0.5, 0.6) is 0 Å². The summed E-state index contributed by atoms with van der Waals surface area (Å²) in [6, 6.07) is 0. The van der Waals surface area contributed by atoms with Gasteiger partial charge in [-0.2, -0.15) is 0 Å². The van der Waals surface area contributed by atoms with Gasteiger partial charge in [-0.25, -0.2) is 0 Å². The van der Waals surface area contributed by atoms with Crippen LogP contribution < -0.4 is 9.86 Å². The van der Waals surface area contributed by atoms with Gasteiger partial charge in [0, 0.05) is 0 Å². The lowest BCUT2D eigenvalue weighted by atomic mass is 11.6. The molecule has 0 heterocycles. The highest BCUT2D eigenvalue weighted by Crippen LogP contribution is 2.20. The first-order valence-electron chi connectivity index (χ1n) is 1.76. The van der Waals surface area contributed by atoms with Crippen LogP contribution in [0.1, 0.15) is 0 Å². The van der Waals surface area contributed by atoms with Gasteiger partial charge >= 0.3 is 0 Å². The summed E-state index contributed by atoms with van der Waals surface area (Å²) in [7, 11) is 0.958. The fraction of sp³-hybridized carbons (Fsp3) is 1.00. The molecule has 0 saturated carbocycles. The molecular formula is C3H12N2S. The van der Waals surface area contributed by atoms with Crippen molar-refractivity contribution in [2.75, 3.05) is 19.6 Å². The summed E-state index contributed by atoms with van der Waals surface area (Å²) in [6.07, 6.45) is 3.99. The van der Waals surface area contributed by atoms with Crippen molar-refractivity contribution in [3.05, 3.63) is 0 Å². The Morgan fingerprint density at radius 1 is 1.50 bits per heavy atom. The van der Waals surface area contributed by atoms with Crippen LogP contribution in [0.25, 0.3) is 0 Å². The van der Waals surface area contributed by atoms with Crippen LogP contribution in [0.15, 0.2) is 0 Å². The second kappa shape index (κ2) is 1.82. The highest BCUT2D eigenvalue weighted by atomic mass is 32.3. The third-order valence-corrected chi connectivity index (χ3v) is 1.58. The molecular weight excluding hydrogens is 96.1 g/mol. The molecule has 0 fully saturated rings. The predicted molar refractivity (Wildman–Crippen MR) is 32.7 cm³/mol. The SMILES string of the molecule is CNS(C)(C)N. The van der Waals surface area contributed by atoms with Gasteiger partial charge in [0.1, 0.15) is 0 Å². The van der Waals surface area contributed by atoms with Crippen LogP contribution in [0.2, 0.25) is 0 Å². The Morgan fingerprint density at radius 2 is 1.67 bits per heavy atom. The van der Waals surface area contributed by atoms with E-state index >= 15 is 0 Å². The van der Waals surface area contributed by atoms with E-state index in [-0.39, 0.29) is 0 Å². The Hall–Kier alpha value is 0.270. The van der Waals surface area contributed by atoms with Crippen molar-refractivity contribution >= 4 is 10.4 Å². The summed E-state index contributed by atoms with van der Waals surface area (Å²) in [5.41, 5.74) is 0. The molecule has 6 heavy (non-hydrogen) atoms. The van der Waals surface area contributed by atoms with Crippen LogP contribution in [-0.2, 0) is 0 Å². The maximum atomic E-state index is 5.51. The molecule has 0 rings (SSSR count). The second-order valence-corrected chi connectivity index (χ2v) is 4.83. The van der Waals surface area contributed by atoms with Crippen molar-refractivity contribution in [3.8, 4) is 0 Å². The molecule has 2 nitrogen and oxygen atoms in total. The summed E-state index contributed by atoms with van der Waals surface area (Å²) in [4.78, 5) is 0. The smallest absolute Gasteiger partial charge is 0.00605 e. The van der Waals surface area contributed by atoms with Crippen LogP contribution in [0.3, 0.4) is 0 Å². The van der Waals surface area contributed by atoms with Crippen LogP contribution >= 0.6 is 10.4 Å². The van der Waals surface area contributed by atoms with E-state index in [1.807, 2.05) is 19.6 Å². The highest BCUT2D eigenvalue weighted by Gasteiger charge is 1.93. The zero-order chi connectivity index (χ0) is 5.21. The molecule has 0 saturated heterocycles. The fourth-order valence-electron chi connectivity index (χ4n) is 0. The first-order chi connectivity index (χ1) is 2.56. The van der Waals surface area contributed by atoms with Gasteiger partial charge in [0.25, 0.3) is 0 Å². The van der Waals surface area contributed by atoms with Gasteiger partial charge in [-0.05, 0) is 19.6 Å². The lowest BCUT2D eigenvalue weighted by molar-refractivity contribution is 1.26. The molecule has 3 N–H and O–H groups in total. The van der Waals surface area contributed by atoms with E-state index in [2.05, 4.69) is 4.72 Å². The van der Waals surface area contributed by atoms with E-state index in [1.54, 1.807) is 0 Å². The van der Waals surface area contributed by atoms with Crippen LogP contribution in [-0.4, -0.2) is 19.6 Å². The van der Waals surface area contributed by atoms with Gasteiger partial charge in [0.15, 0.2) is 0 Å². The number of nitrogens with two attached hydrogens (primary N) is 1. The van der Waals surface area contributed by atoms with Crippen molar-refractivity contribution < 1.29 is 0 Å². The normalized spacial score (nSPS) is 14.7. The zero-order valence-corrected chi connectivity index (χ0v) is 5.30. The van der Waals surface area contributed by atoms with Gasteiger partial charge in [-0.3, -0.25) is 9.86 Å². The minimum Gasteiger partial charge on any atom is -0.284 e. The molecule has 0 aromatic heterocycles. The third-order valence-electron chi connectivity index (χ3n) is 0.526. The average molecular weight is 108 g/mol.